The minimum atomic E-state index is -0.458. The summed E-state index contributed by atoms with van der Waals surface area (Å²) in [7, 11) is 0. The number of benzene rings is 3. The topological polar surface area (TPSA) is 75.5 Å². The van der Waals surface area contributed by atoms with Gasteiger partial charge >= 0.3 is 0 Å². The van der Waals surface area contributed by atoms with E-state index in [0.717, 1.165) is 18.4 Å². The zero-order valence-corrected chi connectivity index (χ0v) is 16.7. The Bertz CT molecular complexity index is 1070. The molecular weight excluding hydrogens is 378 g/mol. The average molecular weight is 401 g/mol. The van der Waals surface area contributed by atoms with E-state index in [4.69, 9.17) is 0 Å². The van der Waals surface area contributed by atoms with Crippen LogP contribution in [0.2, 0.25) is 0 Å². The highest BCUT2D eigenvalue weighted by molar-refractivity contribution is 5.99. The largest absolute Gasteiger partial charge is 0.356 e. The highest BCUT2D eigenvalue weighted by Crippen LogP contribution is 2.38. The number of carbonyl (C=O) groups excluding carboxylic acids is 1. The summed E-state index contributed by atoms with van der Waals surface area (Å²) in [5.41, 5.74) is 3.09. The Morgan fingerprint density at radius 3 is 2.43 bits per heavy atom. The molecule has 0 saturated heterocycles. The summed E-state index contributed by atoms with van der Waals surface area (Å²) >= 11 is 0. The fourth-order valence-corrected chi connectivity index (χ4v) is 4.00. The molecule has 6 heteroatoms. The van der Waals surface area contributed by atoms with Crippen LogP contribution in [0.15, 0.2) is 78.9 Å². The summed E-state index contributed by atoms with van der Waals surface area (Å²) in [5.74, 6) is -0.0535. The minimum Gasteiger partial charge on any atom is -0.356 e. The summed E-state index contributed by atoms with van der Waals surface area (Å²) in [6, 6.07) is 24.1. The standard InChI is InChI=1S/C24H23N3O3/c1-17(15-16-18-9-3-2-4-10-18)26-23(19-11-5-6-12-20(19)24(26)28)25-21-13-7-8-14-22(21)27(29)30/h2-14,17,23,25H,15-16H2,1H3/t17-,23-/m1/s1. The van der Waals surface area contributed by atoms with Gasteiger partial charge in [0.2, 0.25) is 0 Å². The van der Waals surface area contributed by atoms with Crippen molar-refractivity contribution in [1.29, 1.82) is 0 Å². The summed E-state index contributed by atoms with van der Waals surface area (Å²) in [5, 5.41) is 14.7. The zero-order chi connectivity index (χ0) is 21.1. The third-order valence-corrected chi connectivity index (χ3v) is 5.56. The van der Waals surface area contributed by atoms with Gasteiger partial charge in [-0.1, -0.05) is 60.7 Å². The molecule has 1 amide bonds. The van der Waals surface area contributed by atoms with Crippen LogP contribution < -0.4 is 5.32 Å². The van der Waals surface area contributed by atoms with Gasteiger partial charge in [0.1, 0.15) is 11.9 Å². The van der Waals surface area contributed by atoms with Crippen molar-refractivity contribution in [2.75, 3.05) is 5.32 Å². The van der Waals surface area contributed by atoms with Crippen molar-refractivity contribution >= 4 is 17.3 Å². The molecule has 3 aromatic carbocycles. The van der Waals surface area contributed by atoms with Crippen molar-refractivity contribution in [1.82, 2.24) is 4.90 Å². The molecule has 0 unspecified atom stereocenters. The lowest BCUT2D eigenvalue weighted by molar-refractivity contribution is -0.384. The molecule has 152 valence electrons. The summed E-state index contributed by atoms with van der Waals surface area (Å²) < 4.78 is 0. The van der Waals surface area contributed by atoms with E-state index in [1.54, 1.807) is 18.2 Å². The van der Waals surface area contributed by atoms with Crippen LogP contribution in [-0.4, -0.2) is 21.8 Å². The number of hydrogen-bond donors (Lipinski definition) is 1. The predicted molar refractivity (Wildman–Crippen MR) is 116 cm³/mol. The maximum Gasteiger partial charge on any atom is 0.292 e. The monoisotopic (exact) mass is 401 g/mol. The number of nitro groups is 1. The van der Waals surface area contributed by atoms with Gasteiger partial charge in [0.15, 0.2) is 0 Å². The van der Waals surface area contributed by atoms with E-state index in [2.05, 4.69) is 17.4 Å². The molecule has 0 radical (unpaired) electrons. The normalized spacial score (nSPS) is 16.2. The second-order valence-corrected chi connectivity index (χ2v) is 7.49. The number of hydrogen-bond acceptors (Lipinski definition) is 4. The summed E-state index contributed by atoms with van der Waals surface area (Å²) in [6.45, 7) is 2.03. The second kappa shape index (κ2) is 8.37. The molecular formula is C24H23N3O3. The SMILES string of the molecule is C[C@H](CCc1ccccc1)N1C(=O)c2ccccc2[C@@H]1Nc1ccccc1[N+](=O)[O-]. The minimum absolute atomic E-state index is 0.00813. The van der Waals surface area contributed by atoms with Gasteiger partial charge in [-0.15, -0.1) is 0 Å². The predicted octanol–water partition coefficient (Wildman–Crippen LogP) is 5.18. The smallest absolute Gasteiger partial charge is 0.292 e. The number of nitrogens with zero attached hydrogens (tertiary/aromatic N) is 2. The van der Waals surface area contributed by atoms with Gasteiger partial charge in [-0.05, 0) is 37.5 Å². The molecule has 4 rings (SSSR count). The Hall–Kier alpha value is -3.67. The van der Waals surface area contributed by atoms with Gasteiger partial charge in [-0.2, -0.15) is 0 Å². The molecule has 0 spiro atoms. The van der Waals surface area contributed by atoms with Crippen LogP contribution in [0.5, 0.6) is 0 Å². The Kier molecular flexibility index (Phi) is 5.48. The third-order valence-electron chi connectivity index (χ3n) is 5.56. The molecule has 2 atom stereocenters. The maximum atomic E-state index is 13.2. The Labute approximate surface area is 175 Å². The van der Waals surface area contributed by atoms with Crippen LogP contribution in [0.1, 0.15) is 41.0 Å². The number of carbonyl (C=O) groups is 1. The molecule has 0 bridgehead atoms. The number of amides is 1. The van der Waals surface area contributed by atoms with Crippen molar-refractivity contribution in [3.63, 3.8) is 0 Å². The molecule has 3 aromatic rings. The highest BCUT2D eigenvalue weighted by Gasteiger charge is 2.39. The first-order valence-corrected chi connectivity index (χ1v) is 10.0. The number of fused-ring (bicyclic) bond motifs is 1. The first kappa shape index (κ1) is 19.6. The van der Waals surface area contributed by atoms with Crippen LogP contribution >= 0.6 is 0 Å². The lowest BCUT2D eigenvalue weighted by atomic mass is 10.0. The van der Waals surface area contributed by atoms with E-state index in [1.165, 1.54) is 11.6 Å². The number of rotatable bonds is 7. The van der Waals surface area contributed by atoms with E-state index in [9.17, 15) is 14.9 Å². The number of nitro benzene ring substituents is 1. The van der Waals surface area contributed by atoms with Crippen molar-refractivity contribution in [3.05, 3.63) is 106 Å². The summed E-state index contributed by atoms with van der Waals surface area (Å²) in [6.07, 6.45) is 1.18. The number of nitrogens with one attached hydrogen (secondary N) is 1. The molecule has 6 nitrogen and oxygen atoms in total. The van der Waals surface area contributed by atoms with E-state index >= 15 is 0 Å². The second-order valence-electron chi connectivity index (χ2n) is 7.49. The zero-order valence-electron chi connectivity index (χ0n) is 16.7. The number of anilines is 1. The van der Waals surface area contributed by atoms with Crippen molar-refractivity contribution in [2.45, 2.75) is 32.0 Å². The van der Waals surface area contributed by atoms with Crippen molar-refractivity contribution in [3.8, 4) is 0 Å². The molecule has 1 aliphatic heterocycles. The number of aryl methyl sites for hydroxylation is 1. The fourth-order valence-electron chi connectivity index (χ4n) is 4.00. The van der Waals surface area contributed by atoms with Crippen LogP contribution in [0.3, 0.4) is 0 Å². The van der Waals surface area contributed by atoms with Gasteiger partial charge in [0.05, 0.1) is 4.92 Å². The molecule has 1 heterocycles. The van der Waals surface area contributed by atoms with E-state index in [0.29, 0.717) is 11.3 Å². The first-order chi connectivity index (χ1) is 14.6. The lowest BCUT2D eigenvalue weighted by Crippen LogP contribution is -2.39. The van der Waals surface area contributed by atoms with E-state index < -0.39 is 11.1 Å². The Balaban J connectivity index is 1.63. The van der Waals surface area contributed by atoms with Crippen LogP contribution in [0.4, 0.5) is 11.4 Å². The van der Waals surface area contributed by atoms with E-state index in [1.807, 2.05) is 54.3 Å². The van der Waals surface area contributed by atoms with E-state index in [-0.39, 0.29) is 17.6 Å². The third kappa shape index (κ3) is 3.76. The molecule has 0 aromatic heterocycles. The molecule has 0 fully saturated rings. The molecule has 0 saturated carbocycles. The van der Waals surface area contributed by atoms with Crippen LogP contribution in [0, 0.1) is 10.1 Å². The number of para-hydroxylation sites is 2. The average Bonchev–Trinajstić information content (AvgIpc) is 3.05. The lowest BCUT2D eigenvalue weighted by Gasteiger charge is -2.32. The van der Waals surface area contributed by atoms with Gasteiger partial charge in [-0.25, -0.2) is 0 Å². The first-order valence-electron chi connectivity index (χ1n) is 10.0. The van der Waals surface area contributed by atoms with Gasteiger partial charge < -0.3 is 10.2 Å². The maximum absolute atomic E-state index is 13.2. The molecule has 1 N–H and O–H groups in total. The van der Waals surface area contributed by atoms with Gasteiger partial charge in [0, 0.05) is 23.2 Å². The fraction of sp³-hybridized carbons (Fsp3) is 0.208. The van der Waals surface area contributed by atoms with Gasteiger partial charge in [0.25, 0.3) is 11.6 Å². The van der Waals surface area contributed by atoms with Crippen LogP contribution in [-0.2, 0) is 6.42 Å². The molecule has 30 heavy (non-hydrogen) atoms. The quantitative estimate of drug-likeness (QED) is 0.437. The molecule has 0 aliphatic carbocycles. The summed E-state index contributed by atoms with van der Waals surface area (Å²) in [4.78, 5) is 26.1. The Morgan fingerprint density at radius 1 is 1.00 bits per heavy atom. The van der Waals surface area contributed by atoms with Crippen molar-refractivity contribution in [2.24, 2.45) is 0 Å². The Morgan fingerprint density at radius 2 is 1.67 bits per heavy atom. The van der Waals surface area contributed by atoms with Gasteiger partial charge in [-0.3, -0.25) is 14.9 Å². The van der Waals surface area contributed by atoms with Crippen LogP contribution in [0.25, 0.3) is 0 Å². The molecule has 1 aliphatic rings. The van der Waals surface area contributed by atoms with Crippen molar-refractivity contribution < 1.29 is 9.72 Å². The highest BCUT2D eigenvalue weighted by atomic mass is 16.6.